The van der Waals surface area contributed by atoms with Gasteiger partial charge in [0, 0.05) is 19.5 Å². The third-order valence-electron chi connectivity index (χ3n) is 3.19. The molecule has 0 fully saturated rings. The number of benzene rings is 2. The molecule has 0 unspecified atom stereocenters. The fourth-order valence-corrected chi connectivity index (χ4v) is 2.00. The number of phenols is 1. The SMILES string of the molecule is O=C(CCNC(=O)c1c(O)cccc1F)NCc1ccccc1. The van der Waals surface area contributed by atoms with E-state index in [1.165, 1.54) is 12.1 Å². The number of carbonyl (C=O) groups excluding carboxylic acids is 2. The monoisotopic (exact) mass is 316 g/mol. The molecule has 5 nitrogen and oxygen atoms in total. The highest BCUT2D eigenvalue weighted by Gasteiger charge is 2.16. The van der Waals surface area contributed by atoms with Crippen LogP contribution in [0.5, 0.6) is 5.75 Å². The summed E-state index contributed by atoms with van der Waals surface area (Å²) in [5.41, 5.74) is 0.554. The third kappa shape index (κ3) is 4.81. The van der Waals surface area contributed by atoms with Gasteiger partial charge in [0.25, 0.3) is 5.91 Å². The van der Waals surface area contributed by atoms with E-state index >= 15 is 0 Å². The Hall–Kier alpha value is -2.89. The molecule has 2 aromatic rings. The Balaban J connectivity index is 1.76. The van der Waals surface area contributed by atoms with Crippen LogP contribution in [0.25, 0.3) is 0 Å². The smallest absolute Gasteiger partial charge is 0.258 e. The molecule has 0 aliphatic rings. The molecule has 0 heterocycles. The van der Waals surface area contributed by atoms with E-state index in [0.29, 0.717) is 6.54 Å². The van der Waals surface area contributed by atoms with Crippen molar-refractivity contribution in [3.63, 3.8) is 0 Å². The van der Waals surface area contributed by atoms with Crippen LogP contribution in [0.3, 0.4) is 0 Å². The van der Waals surface area contributed by atoms with E-state index in [2.05, 4.69) is 10.6 Å². The largest absolute Gasteiger partial charge is 0.507 e. The zero-order chi connectivity index (χ0) is 16.7. The van der Waals surface area contributed by atoms with E-state index in [0.717, 1.165) is 11.6 Å². The van der Waals surface area contributed by atoms with Crippen LogP contribution in [-0.2, 0) is 11.3 Å². The lowest BCUT2D eigenvalue weighted by atomic mass is 10.1. The van der Waals surface area contributed by atoms with E-state index in [9.17, 15) is 19.1 Å². The first-order valence-corrected chi connectivity index (χ1v) is 7.14. The highest BCUT2D eigenvalue weighted by molar-refractivity contribution is 5.97. The van der Waals surface area contributed by atoms with Gasteiger partial charge in [-0.3, -0.25) is 9.59 Å². The summed E-state index contributed by atoms with van der Waals surface area (Å²) < 4.78 is 13.5. The number of carbonyl (C=O) groups is 2. The van der Waals surface area contributed by atoms with Crippen molar-refractivity contribution in [3.8, 4) is 5.75 Å². The molecule has 0 radical (unpaired) electrons. The molecule has 3 N–H and O–H groups in total. The number of amides is 2. The van der Waals surface area contributed by atoms with Crippen molar-refractivity contribution in [2.24, 2.45) is 0 Å². The van der Waals surface area contributed by atoms with E-state index in [1.807, 2.05) is 30.3 Å². The number of nitrogens with one attached hydrogen (secondary N) is 2. The van der Waals surface area contributed by atoms with Crippen molar-refractivity contribution in [1.29, 1.82) is 0 Å². The molecule has 2 amide bonds. The molecule has 0 saturated heterocycles. The third-order valence-corrected chi connectivity index (χ3v) is 3.19. The van der Waals surface area contributed by atoms with Gasteiger partial charge in [0.1, 0.15) is 17.1 Å². The lowest BCUT2D eigenvalue weighted by molar-refractivity contribution is -0.121. The number of hydrogen-bond acceptors (Lipinski definition) is 3. The Bertz CT molecular complexity index is 669. The molecule has 120 valence electrons. The van der Waals surface area contributed by atoms with Gasteiger partial charge in [-0.25, -0.2) is 4.39 Å². The average molecular weight is 316 g/mol. The van der Waals surface area contributed by atoms with Crippen molar-refractivity contribution in [1.82, 2.24) is 10.6 Å². The summed E-state index contributed by atoms with van der Waals surface area (Å²) in [6.07, 6.45) is 0.0633. The van der Waals surface area contributed by atoms with Gasteiger partial charge in [0.05, 0.1) is 0 Å². The molecule has 0 aliphatic carbocycles. The predicted octanol–water partition coefficient (Wildman–Crippen LogP) is 1.97. The second-order valence-corrected chi connectivity index (χ2v) is 4.90. The Kier molecular flexibility index (Phi) is 5.68. The first-order valence-electron chi connectivity index (χ1n) is 7.14. The van der Waals surface area contributed by atoms with Crippen LogP contribution in [0, 0.1) is 5.82 Å². The highest BCUT2D eigenvalue weighted by atomic mass is 19.1. The van der Waals surface area contributed by atoms with Gasteiger partial charge in [0.15, 0.2) is 0 Å². The van der Waals surface area contributed by atoms with Crippen LogP contribution < -0.4 is 10.6 Å². The van der Waals surface area contributed by atoms with Crippen LogP contribution in [0.2, 0.25) is 0 Å². The fourth-order valence-electron chi connectivity index (χ4n) is 2.00. The molecule has 2 aromatic carbocycles. The van der Waals surface area contributed by atoms with Crippen LogP contribution >= 0.6 is 0 Å². The lowest BCUT2D eigenvalue weighted by Crippen LogP contribution is -2.31. The van der Waals surface area contributed by atoms with E-state index in [1.54, 1.807) is 0 Å². The van der Waals surface area contributed by atoms with E-state index in [4.69, 9.17) is 0 Å². The molecule has 0 aliphatic heterocycles. The molecular weight excluding hydrogens is 299 g/mol. The minimum atomic E-state index is -0.809. The minimum absolute atomic E-state index is 0.0488. The maximum Gasteiger partial charge on any atom is 0.258 e. The summed E-state index contributed by atoms with van der Waals surface area (Å²) in [4.78, 5) is 23.5. The number of halogens is 1. The van der Waals surface area contributed by atoms with Crippen LogP contribution in [0.4, 0.5) is 4.39 Å². The van der Waals surface area contributed by atoms with Crippen molar-refractivity contribution >= 4 is 11.8 Å². The maximum absolute atomic E-state index is 13.5. The van der Waals surface area contributed by atoms with Crippen LogP contribution in [0.15, 0.2) is 48.5 Å². The van der Waals surface area contributed by atoms with Crippen molar-refractivity contribution in [2.45, 2.75) is 13.0 Å². The molecule has 0 bridgehead atoms. The quantitative estimate of drug-likeness (QED) is 0.762. The van der Waals surface area contributed by atoms with Gasteiger partial charge in [-0.15, -0.1) is 0 Å². The van der Waals surface area contributed by atoms with Crippen LogP contribution in [0.1, 0.15) is 22.3 Å². The van der Waals surface area contributed by atoms with Crippen molar-refractivity contribution in [2.75, 3.05) is 6.54 Å². The molecular formula is C17H17FN2O3. The predicted molar refractivity (Wildman–Crippen MR) is 83.3 cm³/mol. The number of hydrogen-bond donors (Lipinski definition) is 3. The zero-order valence-electron chi connectivity index (χ0n) is 12.4. The highest BCUT2D eigenvalue weighted by Crippen LogP contribution is 2.19. The Morgan fingerprint density at radius 3 is 2.43 bits per heavy atom. The molecule has 0 atom stereocenters. The number of rotatable bonds is 6. The van der Waals surface area contributed by atoms with Gasteiger partial charge in [-0.2, -0.15) is 0 Å². The summed E-state index contributed by atoms with van der Waals surface area (Å²) in [5, 5.41) is 14.6. The Morgan fingerprint density at radius 2 is 1.74 bits per heavy atom. The molecule has 6 heteroatoms. The lowest BCUT2D eigenvalue weighted by Gasteiger charge is -2.08. The first kappa shape index (κ1) is 16.5. The molecule has 0 spiro atoms. The summed E-state index contributed by atoms with van der Waals surface area (Å²) in [7, 11) is 0. The topological polar surface area (TPSA) is 78.4 Å². The van der Waals surface area contributed by atoms with Gasteiger partial charge in [0.2, 0.25) is 5.91 Å². The summed E-state index contributed by atoms with van der Waals surface area (Å²) in [6.45, 7) is 0.453. The first-order chi connectivity index (χ1) is 11.1. The van der Waals surface area contributed by atoms with E-state index in [-0.39, 0.29) is 18.9 Å². The molecule has 23 heavy (non-hydrogen) atoms. The Labute approximate surface area is 133 Å². The van der Waals surface area contributed by atoms with Crippen LogP contribution in [-0.4, -0.2) is 23.5 Å². The van der Waals surface area contributed by atoms with E-state index < -0.39 is 23.0 Å². The zero-order valence-corrected chi connectivity index (χ0v) is 12.4. The van der Waals surface area contributed by atoms with Crippen molar-refractivity contribution < 1.29 is 19.1 Å². The maximum atomic E-state index is 13.5. The average Bonchev–Trinajstić information content (AvgIpc) is 2.54. The van der Waals surface area contributed by atoms with Gasteiger partial charge in [-0.1, -0.05) is 36.4 Å². The molecule has 0 saturated carbocycles. The molecule has 2 rings (SSSR count). The normalized spacial score (nSPS) is 10.1. The fraction of sp³-hybridized carbons (Fsp3) is 0.176. The Morgan fingerprint density at radius 1 is 1.00 bits per heavy atom. The minimum Gasteiger partial charge on any atom is -0.507 e. The molecule has 0 aromatic heterocycles. The number of phenolic OH excluding ortho intramolecular Hbond substituents is 1. The second-order valence-electron chi connectivity index (χ2n) is 4.90. The number of aromatic hydroxyl groups is 1. The van der Waals surface area contributed by atoms with Gasteiger partial charge in [-0.05, 0) is 17.7 Å². The summed E-state index contributed by atoms with van der Waals surface area (Å²) in [5.74, 6) is -2.23. The standard InChI is InChI=1S/C17H17FN2O3/c18-13-7-4-8-14(21)16(13)17(23)19-10-9-15(22)20-11-12-5-2-1-3-6-12/h1-8,21H,9-11H2,(H,19,23)(H,20,22). The summed E-state index contributed by atoms with van der Waals surface area (Å²) >= 11 is 0. The van der Waals surface area contributed by atoms with Crippen molar-refractivity contribution in [3.05, 3.63) is 65.5 Å². The summed E-state index contributed by atoms with van der Waals surface area (Å²) in [6, 6.07) is 13.0. The van der Waals surface area contributed by atoms with Gasteiger partial charge >= 0.3 is 0 Å². The second kappa shape index (κ2) is 7.93. The van der Waals surface area contributed by atoms with Gasteiger partial charge < -0.3 is 15.7 Å².